The number of benzene rings is 2. The Morgan fingerprint density at radius 2 is 1.76 bits per heavy atom. The van der Waals surface area contributed by atoms with Gasteiger partial charge in [0, 0.05) is 6.61 Å². The Morgan fingerprint density at radius 1 is 1.05 bits per heavy atom. The molecule has 21 heavy (non-hydrogen) atoms. The van der Waals surface area contributed by atoms with Gasteiger partial charge in [-0.3, -0.25) is 0 Å². The van der Waals surface area contributed by atoms with Crippen molar-refractivity contribution in [1.29, 1.82) is 0 Å². The lowest BCUT2D eigenvalue weighted by atomic mass is 9.97. The van der Waals surface area contributed by atoms with Gasteiger partial charge >= 0.3 is 0 Å². The molecule has 0 spiro atoms. The van der Waals surface area contributed by atoms with E-state index in [4.69, 9.17) is 4.74 Å². The summed E-state index contributed by atoms with van der Waals surface area (Å²) in [4.78, 5) is 0. The van der Waals surface area contributed by atoms with E-state index in [-0.39, 0.29) is 0 Å². The van der Waals surface area contributed by atoms with Crippen LogP contribution in [0, 0.1) is 0 Å². The van der Waals surface area contributed by atoms with Crippen LogP contribution in [-0.2, 0) is 11.2 Å². The highest BCUT2D eigenvalue weighted by atomic mass is 16.5. The van der Waals surface area contributed by atoms with E-state index < -0.39 is 0 Å². The van der Waals surface area contributed by atoms with Crippen LogP contribution in [0.25, 0.3) is 0 Å². The van der Waals surface area contributed by atoms with Crippen molar-refractivity contribution < 1.29 is 4.74 Å². The molecule has 1 aliphatic heterocycles. The predicted molar refractivity (Wildman–Crippen MR) is 86.5 cm³/mol. The highest BCUT2D eigenvalue weighted by molar-refractivity contribution is 5.30. The fourth-order valence-electron chi connectivity index (χ4n) is 3.11. The highest BCUT2D eigenvalue weighted by Crippen LogP contribution is 2.27. The average Bonchev–Trinajstić information content (AvgIpc) is 3.05. The van der Waals surface area contributed by atoms with Gasteiger partial charge in [0.2, 0.25) is 0 Å². The SMILES string of the molecule is CNC(c1ccc(Cc2ccccc2)cc1)C1CCCO1. The smallest absolute Gasteiger partial charge is 0.0770 e. The highest BCUT2D eigenvalue weighted by Gasteiger charge is 2.25. The molecule has 0 radical (unpaired) electrons. The van der Waals surface area contributed by atoms with Crippen LogP contribution >= 0.6 is 0 Å². The van der Waals surface area contributed by atoms with E-state index in [2.05, 4.69) is 59.9 Å². The van der Waals surface area contributed by atoms with E-state index in [1.165, 1.54) is 23.1 Å². The first-order chi connectivity index (χ1) is 10.4. The minimum absolute atomic E-state index is 0.304. The Labute approximate surface area is 127 Å². The Balaban J connectivity index is 1.71. The molecule has 1 N–H and O–H groups in total. The second-order valence-electron chi connectivity index (χ2n) is 5.72. The maximum atomic E-state index is 5.82. The maximum Gasteiger partial charge on any atom is 0.0770 e. The molecule has 0 amide bonds. The van der Waals surface area contributed by atoms with E-state index in [1.807, 2.05) is 7.05 Å². The molecule has 1 saturated heterocycles. The summed E-state index contributed by atoms with van der Waals surface area (Å²) in [5, 5.41) is 3.40. The molecule has 2 unspecified atom stereocenters. The van der Waals surface area contributed by atoms with E-state index in [0.717, 1.165) is 19.4 Å². The first kappa shape index (κ1) is 14.3. The van der Waals surface area contributed by atoms with Crippen molar-refractivity contribution in [2.24, 2.45) is 0 Å². The number of likely N-dealkylation sites (N-methyl/N-ethyl adjacent to an activating group) is 1. The van der Waals surface area contributed by atoms with Crippen molar-refractivity contribution in [3.8, 4) is 0 Å². The molecule has 1 heterocycles. The zero-order valence-corrected chi connectivity index (χ0v) is 12.6. The van der Waals surface area contributed by atoms with Crippen LogP contribution < -0.4 is 5.32 Å². The third kappa shape index (κ3) is 3.52. The molecule has 0 aliphatic carbocycles. The van der Waals surface area contributed by atoms with Gasteiger partial charge in [-0.25, -0.2) is 0 Å². The Kier molecular flexibility index (Phi) is 4.69. The molecule has 0 saturated carbocycles. The van der Waals surface area contributed by atoms with Gasteiger partial charge in [0.05, 0.1) is 12.1 Å². The number of hydrogen-bond acceptors (Lipinski definition) is 2. The molecule has 110 valence electrons. The standard InChI is InChI=1S/C19H23NO/c1-20-19(18-8-5-13-21-18)17-11-9-16(10-12-17)14-15-6-3-2-4-7-15/h2-4,6-7,9-12,18-20H,5,8,13-14H2,1H3. The van der Waals surface area contributed by atoms with Gasteiger partial charge in [-0.15, -0.1) is 0 Å². The van der Waals surface area contributed by atoms with Crippen LogP contribution in [0.4, 0.5) is 0 Å². The minimum Gasteiger partial charge on any atom is -0.376 e. The van der Waals surface area contributed by atoms with Gasteiger partial charge in [-0.1, -0.05) is 54.6 Å². The lowest BCUT2D eigenvalue weighted by Gasteiger charge is -2.23. The fraction of sp³-hybridized carbons (Fsp3) is 0.368. The summed E-state index contributed by atoms with van der Waals surface area (Å²) in [7, 11) is 2.02. The lowest BCUT2D eigenvalue weighted by Crippen LogP contribution is -2.28. The largest absolute Gasteiger partial charge is 0.376 e. The monoisotopic (exact) mass is 281 g/mol. The normalized spacial score (nSPS) is 19.6. The first-order valence-corrected chi connectivity index (χ1v) is 7.78. The molecule has 0 bridgehead atoms. The average molecular weight is 281 g/mol. The second kappa shape index (κ2) is 6.88. The van der Waals surface area contributed by atoms with Gasteiger partial charge in [-0.05, 0) is 43.0 Å². The third-order valence-electron chi connectivity index (χ3n) is 4.24. The summed E-state index contributed by atoms with van der Waals surface area (Å²) in [5.74, 6) is 0. The Bertz CT molecular complexity index is 544. The van der Waals surface area contributed by atoms with Crippen LogP contribution in [0.3, 0.4) is 0 Å². The van der Waals surface area contributed by atoms with Crippen molar-refractivity contribution in [2.45, 2.75) is 31.4 Å². The van der Waals surface area contributed by atoms with Crippen LogP contribution in [0.15, 0.2) is 54.6 Å². The summed E-state index contributed by atoms with van der Waals surface area (Å²) >= 11 is 0. The van der Waals surface area contributed by atoms with Crippen molar-refractivity contribution >= 4 is 0 Å². The molecule has 3 rings (SSSR count). The fourth-order valence-corrected chi connectivity index (χ4v) is 3.11. The maximum absolute atomic E-state index is 5.82. The van der Waals surface area contributed by atoms with E-state index >= 15 is 0 Å². The molecule has 1 fully saturated rings. The van der Waals surface area contributed by atoms with Gasteiger partial charge in [0.1, 0.15) is 0 Å². The van der Waals surface area contributed by atoms with Gasteiger partial charge < -0.3 is 10.1 Å². The van der Waals surface area contributed by atoms with Crippen LogP contribution in [0.2, 0.25) is 0 Å². The topological polar surface area (TPSA) is 21.3 Å². The molecule has 2 heteroatoms. The van der Waals surface area contributed by atoms with Crippen molar-refractivity contribution in [3.63, 3.8) is 0 Å². The predicted octanol–water partition coefficient (Wildman–Crippen LogP) is 3.72. The number of nitrogens with one attached hydrogen (secondary N) is 1. The van der Waals surface area contributed by atoms with Crippen LogP contribution in [-0.4, -0.2) is 19.8 Å². The van der Waals surface area contributed by atoms with Gasteiger partial charge in [0.15, 0.2) is 0 Å². The van der Waals surface area contributed by atoms with E-state index in [1.54, 1.807) is 0 Å². The summed E-state index contributed by atoms with van der Waals surface area (Å²) in [6, 6.07) is 19.9. The molecule has 2 nitrogen and oxygen atoms in total. The molecule has 0 aromatic heterocycles. The van der Waals surface area contributed by atoms with Crippen LogP contribution in [0.5, 0.6) is 0 Å². The Morgan fingerprint density at radius 3 is 2.38 bits per heavy atom. The number of rotatable bonds is 5. The lowest BCUT2D eigenvalue weighted by molar-refractivity contribution is 0.0807. The summed E-state index contributed by atoms with van der Waals surface area (Å²) < 4.78 is 5.82. The molecule has 1 aliphatic rings. The quantitative estimate of drug-likeness (QED) is 0.902. The first-order valence-electron chi connectivity index (χ1n) is 7.78. The van der Waals surface area contributed by atoms with Crippen LogP contribution in [0.1, 0.15) is 35.6 Å². The van der Waals surface area contributed by atoms with Gasteiger partial charge in [-0.2, -0.15) is 0 Å². The zero-order valence-electron chi connectivity index (χ0n) is 12.6. The van der Waals surface area contributed by atoms with Crippen molar-refractivity contribution in [1.82, 2.24) is 5.32 Å². The summed E-state index contributed by atoms with van der Waals surface area (Å²) in [6.45, 7) is 0.898. The zero-order chi connectivity index (χ0) is 14.5. The van der Waals surface area contributed by atoms with E-state index in [9.17, 15) is 0 Å². The second-order valence-corrected chi connectivity index (χ2v) is 5.72. The molecule has 2 atom stereocenters. The van der Waals surface area contributed by atoms with Crippen molar-refractivity contribution in [2.75, 3.05) is 13.7 Å². The third-order valence-corrected chi connectivity index (χ3v) is 4.24. The summed E-state index contributed by atoms with van der Waals surface area (Å²) in [6.07, 6.45) is 3.63. The molecular weight excluding hydrogens is 258 g/mol. The Hall–Kier alpha value is -1.64. The number of hydrogen-bond donors (Lipinski definition) is 1. The molecule has 2 aromatic carbocycles. The summed E-state index contributed by atoms with van der Waals surface area (Å²) in [5.41, 5.74) is 4.03. The molecule has 2 aromatic rings. The minimum atomic E-state index is 0.304. The molecular formula is C19H23NO. The number of ether oxygens (including phenoxy) is 1. The van der Waals surface area contributed by atoms with Gasteiger partial charge in [0.25, 0.3) is 0 Å². The van der Waals surface area contributed by atoms with Crippen molar-refractivity contribution in [3.05, 3.63) is 71.3 Å². The van der Waals surface area contributed by atoms with E-state index in [0.29, 0.717) is 12.1 Å².